The van der Waals surface area contributed by atoms with Crippen LogP contribution in [0.3, 0.4) is 0 Å². The minimum Gasteiger partial charge on any atom is -0.262 e. The van der Waals surface area contributed by atoms with Crippen LogP contribution in [0.2, 0.25) is 0 Å². The molecule has 2 nitrogen and oxygen atoms in total. The third-order valence-corrected chi connectivity index (χ3v) is 3.05. The molecular formula is C10H6N2S. The molecule has 3 heterocycles. The molecule has 0 aliphatic heterocycles. The van der Waals surface area contributed by atoms with Crippen molar-refractivity contribution in [2.75, 3.05) is 0 Å². The second-order valence-corrected chi connectivity index (χ2v) is 3.77. The third kappa shape index (κ3) is 0.939. The molecule has 0 fully saturated rings. The van der Waals surface area contributed by atoms with E-state index in [2.05, 4.69) is 21.4 Å². The van der Waals surface area contributed by atoms with Crippen LogP contribution in [-0.2, 0) is 0 Å². The average Bonchev–Trinajstić information content (AvgIpc) is 2.65. The van der Waals surface area contributed by atoms with E-state index in [0.29, 0.717) is 0 Å². The lowest BCUT2D eigenvalue weighted by atomic mass is 10.2. The van der Waals surface area contributed by atoms with Gasteiger partial charge in [0.25, 0.3) is 0 Å². The summed E-state index contributed by atoms with van der Waals surface area (Å²) in [6.07, 6.45) is 5.51. The van der Waals surface area contributed by atoms with Crippen molar-refractivity contribution in [3.63, 3.8) is 0 Å². The molecule has 0 unspecified atom stereocenters. The molecule has 0 saturated carbocycles. The summed E-state index contributed by atoms with van der Waals surface area (Å²) in [5, 5.41) is 4.50. The van der Waals surface area contributed by atoms with Gasteiger partial charge in [-0.2, -0.15) is 0 Å². The minimum atomic E-state index is 0.970. The largest absolute Gasteiger partial charge is 0.262 e. The van der Waals surface area contributed by atoms with Crippen LogP contribution in [0, 0.1) is 0 Å². The van der Waals surface area contributed by atoms with Crippen LogP contribution in [0.25, 0.3) is 21.0 Å². The molecule has 0 N–H and O–H groups in total. The molecule has 62 valence electrons. The highest BCUT2D eigenvalue weighted by Crippen LogP contribution is 2.27. The van der Waals surface area contributed by atoms with Crippen LogP contribution in [0.1, 0.15) is 0 Å². The number of hydrogen-bond donors (Lipinski definition) is 0. The Morgan fingerprint density at radius 2 is 2.15 bits per heavy atom. The second-order valence-electron chi connectivity index (χ2n) is 2.86. The fraction of sp³-hybridized carbons (Fsp3) is 0. The summed E-state index contributed by atoms with van der Waals surface area (Å²) < 4.78 is 1.30. The van der Waals surface area contributed by atoms with E-state index in [-0.39, 0.29) is 0 Å². The Hall–Kier alpha value is -1.48. The van der Waals surface area contributed by atoms with E-state index in [1.165, 1.54) is 15.5 Å². The quantitative estimate of drug-likeness (QED) is 0.539. The maximum Gasteiger partial charge on any atom is 0.0899 e. The molecule has 0 aliphatic rings. The molecule has 0 radical (unpaired) electrons. The van der Waals surface area contributed by atoms with Gasteiger partial charge in [-0.05, 0) is 17.5 Å². The van der Waals surface area contributed by atoms with Gasteiger partial charge >= 0.3 is 0 Å². The van der Waals surface area contributed by atoms with Crippen LogP contribution < -0.4 is 0 Å². The van der Waals surface area contributed by atoms with Crippen molar-refractivity contribution in [2.24, 2.45) is 0 Å². The highest BCUT2D eigenvalue weighted by molar-refractivity contribution is 7.18. The third-order valence-electron chi connectivity index (χ3n) is 2.08. The van der Waals surface area contributed by atoms with E-state index < -0.39 is 0 Å². The molecule has 3 rings (SSSR count). The zero-order valence-corrected chi connectivity index (χ0v) is 7.58. The summed E-state index contributed by atoms with van der Waals surface area (Å²) in [7, 11) is 0. The van der Waals surface area contributed by atoms with E-state index in [0.717, 1.165) is 5.52 Å². The first-order chi connectivity index (χ1) is 6.45. The Morgan fingerprint density at radius 1 is 1.15 bits per heavy atom. The van der Waals surface area contributed by atoms with Gasteiger partial charge in [0.2, 0.25) is 0 Å². The zero-order chi connectivity index (χ0) is 8.67. The number of nitrogens with zero attached hydrogens (tertiary/aromatic N) is 2. The van der Waals surface area contributed by atoms with Crippen LogP contribution in [0.4, 0.5) is 0 Å². The van der Waals surface area contributed by atoms with E-state index in [4.69, 9.17) is 0 Å². The number of hydrogen-bond acceptors (Lipinski definition) is 3. The Kier molecular flexibility index (Phi) is 1.34. The molecule has 0 aliphatic carbocycles. The Bertz CT molecular complexity index is 571. The monoisotopic (exact) mass is 186 g/mol. The number of thiophene rings is 1. The van der Waals surface area contributed by atoms with Gasteiger partial charge in [0.05, 0.1) is 11.7 Å². The molecule has 0 bridgehead atoms. The SMILES string of the molecule is c1cc2c(cn1)ncc1ccsc12. The van der Waals surface area contributed by atoms with E-state index >= 15 is 0 Å². The second kappa shape index (κ2) is 2.50. The number of rotatable bonds is 0. The molecule has 3 heteroatoms. The summed E-state index contributed by atoms with van der Waals surface area (Å²) in [6, 6.07) is 4.11. The highest BCUT2D eigenvalue weighted by atomic mass is 32.1. The first-order valence-corrected chi connectivity index (χ1v) is 4.89. The van der Waals surface area contributed by atoms with Gasteiger partial charge in [0, 0.05) is 27.9 Å². The maximum absolute atomic E-state index is 4.33. The van der Waals surface area contributed by atoms with Crippen molar-refractivity contribution in [2.45, 2.75) is 0 Å². The van der Waals surface area contributed by atoms with Gasteiger partial charge < -0.3 is 0 Å². The number of aromatic nitrogens is 2. The molecular weight excluding hydrogens is 180 g/mol. The highest BCUT2D eigenvalue weighted by Gasteiger charge is 2.01. The maximum atomic E-state index is 4.33. The molecule has 0 spiro atoms. The first kappa shape index (κ1) is 6.97. The van der Waals surface area contributed by atoms with Gasteiger partial charge in [-0.3, -0.25) is 9.97 Å². The lowest BCUT2D eigenvalue weighted by molar-refractivity contribution is 1.32. The van der Waals surface area contributed by atoms with Crippen molar-refractivity contribution in [3.8, 4) is 0 Å². The summed E-state index contributed by atoms with van der Waals surface area (Å²) in [4.78, 5) is 8.37. The van der Waals surface area contributed by atoms with Crippen molar-refractivity contribution < 1.29 is 0 Å². The first-order valence-electron chi connectivity index (χ1n) is 4.01. The molecule has 0 saturated heterocycles. The average molecular weight is 186 g/mol. The Labute approximate surface area is 78.9 Å². The van der Waals surface area contributed by atoms with E-state index in [1.54, 1.807) is 17.5 Å². The van der Waals surface area contributed by atoms with Crippen molar-refractivity contribution in [3.05, 3.63) is 36.1 Å². The summed E-state index contributed by atoms with van der Waals surface area (Å²) >= 11 is 1.75. The fourth-order valence-electron chi connectivity index (χ4n) is 1.46. The van der Waals surface area contributed by atoms with Crippen LogP contribution in [-0.4, -0.2) is 9.97 Å². The summed E-state index contributed by atoms with van der Waals surface area (Å²) in [6.45, 7) is 0. The lowest BCUT2D eigenvalue weighted by Crippen LogP contribution is -1.79. The van der Waals surface area contributed by atoms with Crippen LogP contribution >= 0.6 is 11.3 Å². The van der Waals surface area contributed by atoms with Crippen molar-refractivity contribution >= 4 is 32.3 Å². The molecule has 3 aromatic rings. The topological polar surface area (TPSA) is 25.8 Å². The summed E-state index contributed by atoms with van der Waals surface area (Å²) in [5.74, 6) is 0. The van der Waals surface area contributed by atoms with Crippen LogP contribution in [0.5, 0.6) is 0 Å². The van der Waals surface area contributed by atoms with Gasteiger partial charge in [0.1, 0.15) is 0 Å². The van der Waals surface area contributed by atoms with Crippen LogP contribution in [0.15, 0.2) is 36.1 Å². The molecule has 3 aromatic heterocycles. The smallest absolute Gasteiger partial charge is 0.0899 e. The van der Waals surface area contributed by atoms with E-state index in [1.807, 2.05) is 18.5 Å². The Morgan fingerprint density at radius 3 is 3.15 bits per heavy atom. The summed E-state index contributed by atoms with van der Waals surface area (Å²) in [5.41, 5.74) is 0.970. The molecule has 0 atom stereocenters. The number of fused-ring (bicyclic) bond motifs is 3. The standard InChI is InChI=1S/C10H6N2S/c1-3-11-6-9-8(1)10-7(5-12-9)2-4-13-10/h1-6H. The number of pyridine rings is 2. The van der Waals surface area contributed by atoms with Crippen molar-refractivity contribution in [1.29, 1.82) is 0 Å². The normalized spacial score (nSPS) is 11.1. The van der Waals surface area contributed by atoms with Gasteiger partial charge in [0.15, 0.2) is 0 Å². The predicted octanol–water partition coefficient (Wildman–Crippen LogP) is 2.84. The molecule has 0 amide bonds. The van der Waals surface area contributed by atoms with Crippen molar-refractivity contribution in [1.82, 2.24) is 9.97 Å². The Balaban J connectivity index is 2.65. The van der Waals surface area contributed by atoms with Gasteiger partial charge in [-0.25, -0.2) is 0 Å². The van der Waals surface area contributed by atoms with Gasteiger partial charge in [-0.1, -0.05) is 0 Å². The molecule has 0 aromatic carbocycles. The lowest BCUT2D eigenvalue weighted by Gasteiger charge is -1.95. The minimum absolute atomic E-state index is 0.970. The molecule has 13 heavy (non-hydrogen) atoms. The fourth-order valence-corrected chi connectivity index (χ4v) is 2.37. The predicted molar refractivity (Wildman–Crippen MR) is 54.9 cm³/mol. The van der Waals surface area contributed by atoms with E-state index in [9.17, 15) is 0 Å². The van der Waals surface area contributed by atoms with Gasteiger partial charge in [-0.15, -0.1) is 11.3 Å². The zero-order valence-electron chi connectivity index (χ0n) is 6.77.